The lowest BCUT2D eigenvalue weighted by Gasteiger charge is -1.99. The predicted molar refractivity (Wildman–Crippen MR) is 93.8 cm³/mol. The van der Waals surface area contributed by atoms with Crippen LogP contribution < -0.4 is 11.2 Å². The number of aromatic nitrogens is 6. The number of H-pyrrole nitrogens is 2. The second-order valence-electron chi connectivity index (χ2n) is 6.17. The van der Waals surface area contributed by atoms with E-state index < -0.39 is 11.2 Å². The van der Waals surface area contributed by atoms with Gasteiger partial charge in [-0.1, -0.05) is 11.2 Å². The van der Waals surface area contributed by atoms with Gasteiger partial charge in [-0.2, -0.15) is 4.98 Å². The highest BCUT2D eigenvalue weighted by molar-refractivity contribution is 5.69. The third-order valence-corrected chi connectivity index (χ3v) is 4.29. The summed E-state index contributed by atoms with van der Waals surface area (Å²) in [6, 6.07) is 4.38. The normalized spacial score (nSPS) is 11.4. The van der Waals surface area contributed by atoms with Crippen molar-refractivity contribution in [2.75, 3.05) is 0 Å². The highest BCUT2D eigenvalue weighted by atomic mass is 19.1. The number of hydrogen-bond donors (Lipinski definition) is 2. The molecule has 4 aromatic rings. The maximum atomic E-state index is 13.5. The molecule has 0 radical (unpaired) electrons. The number of rotatable bonds is 4. The van der Waals surface area contributed by atoms with E-state index in [1.165, 1.54) is 23.7 Å². The Hall–Kier alpha value is -3.56. The summed E-state index contributed by atoms with van der Waals surface area (Å²) in [5.41, 5.74) is 0.858. The van der Waals surface area contributed by atoms with E-state index >= 15 is 0 Å². The van der Waals surface area contributed by atoms with Crippen molar-refractivity contribution in [1.82, 2.24) is 29.7 Å². The summed E-state index contributed by atoms with van der Waals surface area (Å²) in [4.78, 5) is 37.2. The molecule has 0 amide bonds. The molecule has 0 fully saturated rings. The molecule has 0 aliphatic carbocycles. The van der Waals surface area contributed by atoms with Crippen LogP contribution in [0.3, 0.4) is 0 Å². The molecule has 3 aromatic heterocycles. The lowest BCUT2D eigenvalue weighted by atomic mass is 10.1. The molecular formula is C17H15FN6O3. The zero-order chi connectivity index (χ0) is 19.1. The van der Waals surface area contributed by atoms with E-state index in [-0.39, 0.29) is 17.0 Å². The molecule has 1 aromatic carbocycles. The van der Waals surface area contributed by atoms with E-state index in [0.717, 1.165) is 5.56 Å². The van der Waals surface area contributed by atoms with Crippen molar-refractivity contribution in [3.05, 3.63) is 62.1 Å². The molecule has 9 nitrogen and oxygen atoms in total. The van der Waals surface area contributed by atoms with Gasteiger partial charge in [0.15, 0.2) is 5.65 Å². The molecular weight excluding hydrogens is 355 g/mol. The summed E-state index contributed by atoms with van der Waals surface area (Å²) in [5, 5.41) is 3.90. The molecule has 0 unspecified atom stereocenters. The van der Waals surface area contributed by atoms with E-state index in [9.17, 15) is 14.0 Å². The summed E-state index contributed by atoms with van der Waals surface area (Å²) < 4.78 is 19.9. The summed E-state index contributed by atoms with van der Waals surface area (Å²) in [5.74, 6) is 0.806. The molecule has 0 aliphatic heterocycles. The number of benzene rings is 1. The number of nitrogens with one attached hydrogen (secondary N) is 2. The van der Waals surface area contributed by atoms with Gasteiger partial charge in [-0.25, -0.2) is 14.2 Å². The zero-order valence-electron chi connectivity index (χ0n) is 14.5. The zero-order valence-corrected chi connectivity index (χ0v) is 14.5. The standard InChI is InChI=1S/C17H15FN6O3/c1-8-3-4-9(18)7-10(8)14-21-12(27-23-14)6-5-11-19-13-15(20-11)24(2)17(26)22-16(13)25/h3-4,7H,5-6H2,1-2H3,(H,19,20)(H,22,25,26). The number of nitrogens with zero attached hydrogens (tertiary/aromatic N) is 4. The Bertz CT molecular complexity index is 1270. The Morgan fingerprint density at radius 3 is 2.81 bits per heavy atom. The molecule has 27 heavy (non-hydrogen) atoms. The molecule has 3 heterocycles. The third-order valence-electron chi connectivity index (χ3n) is 4.29. The first-order chi connectivity index (χ1) is 12.9. The highest BCUT2D eigenvalue weighted by Gasteiger charge is 2.14. The fourth-order valence-corrected chi connectivity index (χ4v) is 2.80. The molecule has 138 valence electrons. The van der Waals surface area contributed by atoms with Crippen molar-refractivity contribution in [2.45, 2.75) is 19.8 Å². The quantitative estimate of drug-likeness (QED) is 0.557. The molecule has 0 spiro atoms. The number of aromatic amines is 2. The fourth-order valence-electron chi connectivity index (χ4n) is 2.80. The van der Waals surface area contributed by atoms with Crippen LogP contribution in [0.4, 0.5) is 4.39 Å². The topological polar surface area (TPSA) is 122 Å². The van der Waals surface area contributed by atoms with Crippen LogP contribution in [0.2, 0.25) is 0 Å². The summed E-state index contributed by atoms with van der Waals surface area (Å²) in [7, 11) is 1.52. The Morgan fingerprint density at radius 1 is 1.19 bits per heavy atom. The average Bonchev–Trinajstić information content (AvgIpc) is 3.27. The largest absolute Gasteiger partial charge is 0.339 e. The number of hydrogen-bond acceptors (Lipinski definition) is 6. The predicted octanol–water partition coefficient (Wildman–Crippen LogP) is 1.23. The van der Waals surface area contributed by atoms with Gasteiger partial charge < -0.3 is 9.51 Å². The van der Waals surface area contributed by atoms with E-state index in [4.69, 9.17) is 4.52 Å². The minimum Gasteiger partial charge on any atom is -0.339 e. The van der Waals surface area contributed by atoms with Gasteiger partial charge in [-0.05, 0) is 24.6 Å². The first kappa shape index (κ1) is 16.9. The lowest BCUT2D eigenvalue weighted by Crippen LogP contribution is -2.28. The summed E-state index contributed by atoms with van der Waals surface area (Å²) in [6.45, 7) is 1.83. The van der Waals surface area contributed by atoms with Gasteiger partial charge in [-0.3, -0.25) is 14.3 Å². The second-order valence-corrected chi connectivity index (χ2v) is 6.17. The van der Waals surface area contributed by atoms with Crippen molar-refractivity contribution >= 4 is 11.2 Å². The number of fused-ring (bicyclic) bond motifs is 1. The van der Waals surface area contributed by atoms with E-state index in [1.54, 1.807) is 6.07 Å². The van der Waals surface area contributed by atoms with Gasteiger partial charge in [0.25, 0.3) is 5.56 Å². The monoisotopic (exact) mass is 370 g/mol. The van der Waals surface area contributed by atoms with Crippen LogP contribution in [-0.2, 0) is 19.9 Å². The Kier molecular flexibility index (Phi) is 3.94. The van der Waals surface area contributed by atoms with Crippen molar-refractivity contribution in [3.63, 3.8) is 0 Å². The lowest BCUT2D eigenvalue weighted by molar-refractivity contribution is 0.378. The first-order valence-electron chi connectivity index (χ1n) is 8.19. The minimum atomic E-state index is -0.530. The minimum absolute atomic E-state index is 0.230. The smallest absolute Gasteiger partial charge is 0.329 e. The van der Waals surface area contributed by atoms with Crippen LogP contribution in [0.1, 0.15) is 17.3 Å². The van der Waals surface area contributed by atoms with Crippen molar-refractivity contribution in [1.29, 1.82) is 0 Å². The van der Waals surface area contributed by atoms with Crippen molar-refractivity contribution in [2.24, 2.45) is 7.05 Å². The van der Waals surface area contributed by atoms with Gasteiger partial charge >= 0.3 is 5.69 Å². The Morgan fingerprint density at radius 2 is 2.00 bits per heavy atom. The third kappa shape index (κ3) is 3.05. The molecule has 0 aliphatic rings. The highest BCUT2D eigenvalue weighted by Crippen LogP contribution is 2.21. The van der Waals surface area contributed by atoms with Crippen LogP contribution in [0.15, 0.2) is 32.3 Å². The number of aryl methyl sites for hydroxylation is 4. The van der Waals surface area contributed by atoms with Gasteiger partial charge in [0.1, 0.15) is 17.2 Å². The Labute approximate surface area is 150 Å². The molecule has 0 bridgehead atoms. The van der Waals surface area contributed by atoms with Crippen LogP contribution >= 0.6 is 0 Å². The van der Waals surface area contributed by atoms with Crippen LogP contribution in [0.25, 0.3) is 22.6 Å². The Balaban J connectivity index is 1.57. The molecule has 2 N–H and O–H groups in total. The maximum absolute atomic E-state index is 13.5. The molecule has 4 rings (SSSR count). The molecule has 0 saturated heterocycles. The van der Waals surface area contributed by atoms with E-state index in [2.05, 4.69) is 25.1 Å². The van der Waals surface area contributed by atoms with Crippen LogP contribution in [-0.4, -0.2) is 29.7 Å². The van der Waals surface area contributed by atoms with Crippen molar-refractivity contribution in [3.8, 4) is 11.4 Å². The fraction of sp³-hybridized carbons (Fsp3) is 0.235. The van der Waals surface area contributed by atoms with Gasteiger partial charge in [0.05, 0.1) is 0 Å². The summed E-state index contributed by atoms with van der Waals surface area (Å²) >= 11 is 0. The molecule has 0 saturated carbocycles. The van der Waals surface area contributed by atoms with Gasteiger partial charge in [0.2, 0.25) is 11.7 Å². The number of halogens is 1. The van der Waals surface area contributed by atoms with Gasteiger partial charge in [0, 0.05) is 25.5 Å². The SMILES string of the molecule is Cc1ccc(F)cc1-c1noc(CCc2nc3c([nH]2)c(=O)[nH]c(=O)n3C)n1. The average molecular weight is 370 g/mol. The maximum Gasteiger partial charge on any atom is 0.329 e. The number of imidazole rings is 1. The summed E-state index contributed by atoms with van der Waals surface area (Å²) in [6.07, 6.45) is 0.763. The van der Waals surface area contributed by atoms with Crippen molar-refractivity contribution < 1.29 is 8.91 Å². The van der Waals surface area contributed by atoms with E-state index in [0.29, 0.717) is 35.9 Å². The van der Waals surface area contributed by atoms with Crippen LogP contribution in [0, 0.1) is 12.7 Å². The molecule has 10 heteroatoms. The van der Waals surface area contributed by atoms with E-state index in [1.807, 2.05) is 6.92 Å². The van der Waals surface area contributed by atoms with Gasteiger partial charge in [-0.15, -0.1) is 0 Å². The second kappa shape index (κ2) is 6.31. The molecule has 0 atom stereocenters. The first-order valence-corrected chi connectivity index (χ1v) is 8.19. The van der Waals surface area contributed by atoms with Crippen LogP contribution in [0.5, 0.6) is 0 Å².